The van der Waals surface area contributed by atoms with Crippen LogP contribution in [0.15, 0.2) is 18.2 Å². The Morgan fingerprint density at radius 3 is 2.64 bits per heavy atom. The third-order valence-corrected chi connectivity index (χ3v) is 4.60. The van der Waals surface area contributed by atoms with E-state index in [0.717, 1.165) is 19.3 Å². The average Bonchev–Trinajstić information content (AvgIpc) is 2.55. The summed E-state index contributed by atoms with van der Waals surface area (Å²) < 4.78 is 18.5. The molecule has 0 radical (unpaired) electrons. The fourth-order valence-electron chi connectivity index (χ4n) is 2.75. The van der Waals surface area contributed by atoms with Gasteiger partial charge in [0.15, 0.2) is 11.6 Å². The predicted molar refractivity (Wildman–Crippen MR) is 82.6 cm³/mol. The highest BCUT2D eigenvalue weighted by molar-refractivity contribution is 5.89. The molecular weight excluding hydrogens is 287 g/mol. The molecule has 2 N–H and O–H groups in total. The van der Waals surface area contributed by atoms with Crippen molar-refractivity contribution in [1.29, 1.82) is 0 Å². The molecular formula is C16H23FN2O3. The van der Waals surface area contributed by atoms with E-state index in [-0.39, 0.29) is 23.8 Å². The summed E-state index contributed by atoms with van der Waals surface area (Å²) in [5.74, 6) is -0.365. The zero-order valence-corrected chi connectivity index (χ0v) is 13.1. The molecule has 2 amide bonds. The molecule has 0 unspecified atom stereocenters. The molecule has 2 rings (SSSR count). The number of methoxy groups -OCH3 is 1. The smallest absolute Gasteiger partial charge is 0.321 e. The van der Waals surface area contributed by atoms with Crippen LogP contribution in [-0.4, -0.2) is 42.8 Å². The van der Waals surface area contributed by atoms with Gasteiger partial charge in [-0.3, -0.25) is 0 Å². The number of amides is 2. The van der Waals surface area contributed by atoms with E-state index >= 15 is 0 Å². The topological polar surface area (TPSA) is 61.8 Å². The molecule has 0 atom stereocenters. The quantitative estimate of drug-likeness (QED) is 0.899. The van der Waals surface area contributed by atoms with Gasteiger partial charge in [0.25, 0.3) is 0 Å². The minimum Gasteiger partial charge on any atom is -0.494 e. The maximum Gasteiger partial charge on any atom is 0.321 e. The van der Waals surface area contributed by atoms with Crippen LogP contribution in [0.2, 0.25) is 0 Å². The van der Waals surface area contributed by atoms with Crippen molar-refractivity contribution in [3.8, 4) is 5.75 Å². The van der Waals surface area contributed by atoms with Gasteiger partial charge in [-0.15, -0.1) is 0 Å². The van der Waals surface area contributed by atoms with Gasteiger partial charge in [-0.05, 0) is 36.8 Å². The summed E-state index contributed by atoms with van der Waals surface area (Å²) in [6, 6.07) is 4.08. The molecule has 1 aliphatic heterocycles. The van der Waals surface area contributed by atoms with E-state index in [1.807, 2.05) is 0 Å². The molecule has 1 aliphatic rings. The lowest BCUT2D eigenvalue weighted by atomic mass is 9.77. The van der Waals surface area contributed by atoms with Crippen molar-refractivity contribution in [2.24, 2.45) is 5.41 Å². The van der Waals surface area contributed by atoms with Gasteiger partial charge in [-0.1, -0.05) is 6.92 Å². The molecule has 0 aromatic heterocycles. The Kier molecular flexibility index (Phi) is 5.24. The van der Waals surface area contributed by atoms with E-state index < -0.39 is 5.82 Å². The summed E-state index contributed by atoms with van der Waals surface area (Å²) in [7, 11) is 1.39. The first kappa shape index (κ1) is 16.5. The van der Waals surface area contributed by atoms with Gasteiger partial charge in [0.2, 0.25) is 0 Å². The fourth-order valence-corrected chi connectivity index (χ4v) is 2.75. The number of benzene rings is 1. The number of hydrogen-bond donors (Lipinski definition) is 2. The molecule has 5 nitrogen and oxygen atoms in total. The minimum atomic E-state index is -0.510. The number of rotatable bonds is 4. The zero-order chi connectivity index (χ0) is 16.2. The Hall–Kier alpha value is -1.82. The summed E-state index contributed by atoms with van der Waals surface area (Å²) in [5.41, 5.74) is 0.334. The first-order valence-corrected chi connectivity index (χ1v) is 7.54. The second kappa shape index (κ2) is 6.96. The van der Waals surface area contributed by atoms with Crippen molar-refractivity contribution < 1.29 is 19.0 Å². The van der Waals surface area contributed by atoms with Crippen molar-refractivity contribution in [1.82, 2.24) is 4.90 Å². The monoisotopic (exact) mass is 310 g/mol. The Balaban J connectivity index is 1.95. The van der Waals surface area contributed by atoms with Crippen molar-refractivity contribution >= 4 is 11.7 Å². The maximum absolute atomic E-state index is 13.6. The van der Waals surface area contributed by atoms with Gasteiger partial charge in [0.05, 0.1) is 7.11 Å². The highest BCUT2D eigenvalue weighted by Crippen LogP contribution is 2.34. The second-order valence-electron chi connectivity index (χ2n) is 5.78. The summed E-state index contributed by atoms with van der Waals surface area (Å²) in [5, 5.41) is 12.2. The number of halogens is 1. The third-order valence-electron chi connectivity index (χ3n) is 4.60. The number of urea groups is 1. The molecule has 0 aliphatic carbocycles. The zero-order valence-electron chi connectivity index (χ0n) is 13.1. The molecule has 1 aromatic rings. The first-order valence-electron chi connectivity index (χ1n) is 7.54. The van der Waals surface area contributed by atoms with Crippen LogP contribution >= 0.6 is 0 Å². The number of anilines is 1. The molecule has 0 spiro atoms. The molecule has 0 bridgehead atoms. The number of piperidine rings is 1. The Morgan fingerprint density at radius 2 is 2.14 bits per heavy atom. The highest BCUT2D eigenvalue weighted by atomic mass is 19.1. The number of carbonyl (C=O) groups excluding carboxylic acids is 1. The summed E-state index contributed by atoms with van der Waals surface area (Å²) in [6.07, 6.45) is 2.47. The Labute approximate surface area is 130 Å². The van der Waals surface area contributed by atoms with Crippen LogP contribution in [0.5, 0.6) is 5.75 Å². The van der Waals surface area contributed by atoms with Crippen molar-refractivity contribution in [3.63, 3.8) is 0 Å². The van der Waals surface area contributed by atoms with Crippen molar-refractivity contribution in [3.05, 3.63) is 24.0 Å². The molecule has 1 heterocycles. The summed E-state index contributed by atoms with van der Waals surface area (Å²) >= 11 is 0. The van der Waals surface area contributed by atoms with E-state index in [2.05, 4.69) is 12.2 Å². The van der Waals surface area contributed by atoms with Gasteiger partial charge in [0, 0.05) is 31.5 Å². The van der Waals surface area contributed by atoms with Crippen LogP contribution in [0.1, 0.15) is 26.2 Å². The number of carbonyl (C=O) groups is 1. The third kappa shape index (κ3) is 3.50. The minimum absolute atomic E-state index is 0.0665. The number of nitrogens with zero attached hydrogens (tertiary/aromatic N) is 1. The number of ether oxygens (including phenoxy) is 1. The second-order valence-corrected chi connectivity index (χ2v) is 5.78. The standard InChI is InChI=1S/C16H23FN2O3/c1-3-16(11-20)6-8-19(9-7-16)15(21)18-12-4-5-14(22-2)13(17)10-12/h4-5,10,20H,3,6-9,11H2,1-2H3,(H,18,21). The molecule has 6 heteroatoms. The molecule has 1 aromatic carbocycles. The van der Waals surface area contributed by atoms with Crippen LogP contribution in [0.25, 0.3) is 0 Å². The van der Waals surface area contributed by atoms with Crippen LogP contribution < -0.4 is 10.1 Å². The normalized spacial score (nSPS) is 17.2. The van der Waals surface area contributed by atoms with Crippen LogP contribution in [0.3, 0.4) is 0 Å². The van der Waals surface area contributed by atoms with E-state index in [1.54, 1.807) is 11.0 Å². The SMILES string of the molecule is CCC1(CO)CCN(C(=O)Nc2ccc(OC)c(F)c2)CC1. The van der Waals surface area contributed by atoms with Crippen LogP contribution in [0, 0.1) is 11.2 Å². The number of hydrogen-bond acceptors (Lipinski definition) is 3. The number of aliphatic hydroxyl groups excluding tert-OH is 1. The summed E-state index contributed by atoms with van der Waals surface area (Å²) in [6.45, 7) is 3.41. The largest absolute Gasteiger partial charge is 0.494 e. The van der Waals surface area contributed by atoms with Crippen LogP contribution in [0.4, 0.5) is 14.9 Å². The lowest BCUT2D eigenvalue weighted by Gasteiger charge is -2.40. The molecule has 1 saturated heterocycles. The van der Waals surface area contributed by atoms with Crippen molar-refractivity contribution in [2.75, 3.05) is 32.1 Å². The van der Waals surface area contributed by atoms with Crippen LogP contribution in [-0.2, 0) is 0 Å². The number of likely N-dealkylation sites (tertiary alicyclic amines) is 1. The summed E-state index contributed by atoms with van der Waals surface area (Å²) in [4.78, 5) is 13.9. The van der Waals surface area contributed by atoms with Gasteiger partial charge in [-0.25, -0.2) is 9.18 Å². The molecule has 22 heavy (non-hydrogen) atoms. The van der Waals surface area contributed by atoms with E-state index in [4.69, 9.17) is 4.74 Å². The van der Waals surface area contributed by atoms with Gasteiger partial charge < -0.3 is 20.1 Å². The first-order chi connectivity index (χ1) is 10.5. The lowest BCUT2D eigenvalue weighted by Crippen LogP contribution is -2.46. The molecule has 0 saturated carbocycles. The molecule has 1 fully saturated rings. The van der Waals surface area contributed by atoms with Crippen molar-refractivity contribution in [2.45, 2.75) is 26.2 Å². The lowest BCUT2D eigenvalue weighted by molar-refractivity contribution is 0.0542. The van der Waals surface area contributed by atoms with E-state index in [0.29, 0.717) is 18.8 Å². The van der Waals surface area contributed by atoms with Gasteiger partial charge >= 0.3 is 6.03 Å². The number of nitrogens with one attached hydrogen (secondary N) is 1. The Morgan fingerprint density at radius 1 is 1.45 bits per heavy atom. The highest BCUT2D eigenvalue weighted by Gasteiger charge is 2.33. The van der Waals surface area contributed by atoms with E-state index in [9.17, 15) is 14.3 Å². The van der Waals surface area contributed by atoms with Gasteiger partial charge in [0.1, 0.15) is 0 Å². The van der Waals surface area contributed by atoms with E-state index in [1.165, 1.54) is 19.2 Å². The fraction of sp³-hybridized carbons (Fsp3) is 0.562. The predicted octanol–water partition coefficient (Wildman–Crippen LogP) is 2.85. The van der Waals surface area contributed by atoms with Gasteiger partial charge in [-0.2, -0.15) is 0 Å². The number of aliphatic hydroxyl groups is 1. The maximum atomic E-state index is 13.6. The molecule has 122 valence electrons. The Bertz CT molecular complexity index is 522. The average molecular weight is 310 g/mol.